The van der Waals surface area contributed by atoms with Gasteiger partial charge in [-0.15, -0.1) is 0 Å². The summed E-state index contributed by atoms with van der Waals surface area (Å²) in [5.41, 5.74) is 1.92. The van der Waals surface area contributed by atoms with Crippen LogP contribution in [0.3, 0.4) is 0 Å². The lowest BCUT2D eigenvalue weighted by Crippen LogP contribution is -2.28. The second-order valence-electron chi connectivity index (χ2n) is 4.43. The zero-order valence-corrected chi connectivity index (χ0v) is 13.5. The molecule has 1 atom stereocenters. The molecule has 0 aliphatic rings. The van der Waals surface area contributed by atoms with Crippen molar-refractivity contribution in [3.63, 3.8) is 0 Å². The van der Waals surface area contributed by atoms with Crippen LogP contribution in [0.2, 0.25) is 0 Å². The lowest BCUT2D eigenvalue weighted by molar-refractivity contribution is 0.0348. The third-order valence-corrected chi connectivity index (χ3v) is 3.78. The first-order chi connectivity index (χ1) is 9.79. The summed E-state index contributed by atoms with van der Waals surface area (Å²) in [6, 6.07) is 5.17. The molecule has 0 aliphatic heterocycles. The number of halogens is 3. The summed E-state index contributed by atoms with van der Waals surface area (Å²) in [6.07, 6.45) is 2.14. The molecule has 1 aromatic heterocycles. The number of carbonyl (C=O) groups is 1. The fraction of sp³-hybridized carbons (Fsp3) is 0.308. The molecule has 0 fully saturated rings. The summed E-state index contributed by atoms with van der Waals surface area (Å²) in [5.74, 6) is -0.545. The van der Waals surface area contributed by atoms with Gasteiger partial charge in [-0.25, -0.2) is 14.5 Å². The molecule has 0 saturated carbocycles. The van der Waals surface area contributed by atoms with Gasteiger partial charge in [-0.2, -0.15) is 5.10 Å². The predicted octanol–water partition coefficient (Wildman–Crippen LogP) is 3.49. The van der Waals surface area contributed by atoms with Crippen molar-refractivity contribution >= 4 is 40.8 Å². The third kappa shape index (κ3) is 3.87. The molecule has 5 nitrogen and oxygen atoms in total. The second-order valence-corrected chi connectivity index (χ2v) is 6.80. The first-order valence-electron chi connectivity index (χ1n) is 6.02. The Labute approximate surface area is 136 Å². The largest absolute Gasteiger partial charge is 0.455 e. The van der Waals surface area contributed by atoms with E-state index in [1.54, 1.807) is 36.1 Å². The molecule has 0 amide bonds. The van der Waals surface area contributed by atoms with E-state index in [0.29, 0.717) is 5.56 Å². The molecule has 0 saturated heterocycles. The minimum atomic E-state index is -1.66. The van der Waals surface area contributed by atoms with Crippen LogP contribution in [-0.2, 0) is 4.74 Å². The number of ether oxygens (including phenoxy) is 1. The molecule has 21 heavy (non-hydrogen) atoms. The van der Waals surface area contributed by atoms with Crippen molar-refractivity contribution in [3.8, 4) is 5.69 Å². The number of alkyl halides is 3. The lowest BCUT2D eigenvalue weighted by atomic mass is 10.1. The van der Waals surface area contributed by atoms with E-state index < -0.39 is 15.9 Å². The summed E-state index contributed by atoms with van der Waals surface area (Å²) < 4.78 is 5.07. The van der Waals surface area contributed by atoms with Gasteiger partial charge in [0.1, 0.15) is 18.8 Å². The molecular formula is C13H12Cl3N3O2. The van der Waals surface area contributed by atoms with Gasteiger partial charge in [-0.1, -0.05) is 34.8 Å². The maximum Gasteiger partial charge on any atom is 0.338 e. The van der Waals surface area contributed by atoms with E-state index in [1.165, 1.54) is 13.3 Å². The summed E-state index contributed by atoms with van der Waals surface area (Å²) in [4.78, 5) is 16.0. The van der Waals surface area contributed by atoms with Crippen LogP contribution in [-0.4, -0.2) is 30.6 Å². The molecule has 112 valence electrons. The highest BCUT2D eigenvalue weighted by atomic mass is 35.6. The van der Waals surface area contributed by atoms with E-state index in [2.05, 4.69) is 10.1 Å². The maximum absolute atomic E-state index is 12.1. The molecule has 1 heterocycles. The molecule has 0 spiro atoms. The average Bonchev–Trinajstić information content (AvgIpc) is 2.90. The zero-order chi connectivity index (χ0) is 15.6. The van der Waals surface area contributed by atoms with Crippen molar-refractivity contribution in [2.75, 3.05) is 0 Å². The van der Waals surface area contributed by atoms with Gasteiger partial charge >= 0.3 is 5.97 Å². The van der Waals surface area contributed by atoms with E-state index in [1.807, 2.05) is 0 Å². The molecule has 2 aromatic rings. The second kappa shape index (κ2) is 6.22. The van der Waals surface area contributed by atoms with Crippen molar-refractivity contribution < 1.29 is 9.53 Å². The smallest absolute Gasteiger partial charge is 0.338 e. The molecule has 8 heteroatoms. The quantitative estimate of drug-likeness (QED) is 0.629. The van der Waals surface area contributed by atoms with Crippen LogP contribution in [0.15, 0.2) is 30.9 Å². The minimum Gasteiger partial charge on any atom is -0.455 e. The summed E-state index contributed by atoms with van der Waals surface area (Å²) in [5, 5.41) is 4.02. The number of rotatable bonds is 3. The van der Waals surface area contributed by atoms with Gasteiger partial charge in [0.05, 0.1) is 11.3 Å². The van der Waals surface area contributed by atoms with Gasteiger partial charge in [-0.05, 0) is 37.6 Å². The summed E-state index contributed by atoms with van der Waals surface area (Å²) in [7, 11) is 0. The number of aromatic nitrogens is 3. The highest BCUT2D eigenvalue weighted by Crippen LogP contribution is 2.32. The Balaban J connectivity index is 2.19. The van der Waals surface area contributed by atoms with Crippen molar-refractivity contribution in [2.24, 2.45) is 0 Å². The number of hydrogen-bond donors (Lipinski definition) is 0. The molecule has 1 aromatic carbocycles. The minimum absolute atomic E-state index is 0.403. The molecule has 0 unspecified atom stereocenters. The van der Waals surface area contributed by atoms with E-state index in [4.69, 9.17) is 39.5 Å². The monoisotopic (exact) mass is 347 g/mol. The highest BCUT2D eigenvalue weighted by Gasteiger charge is 2.32. The van der Waals surface area contributed by atoms with E-state index >= 15 is 0 Å². The van der Waals surface area contributed by atoms with Gasteiger partial charge in [-0.3, -0.25) is 0 Å². The van der Waals surface area contributed by atoms with Gasteiger partial charge in [0.15, 0.2) is 0 Å². The van der Waals surface area contributed by atoms with Crippen molar-refractivity contribution in [2.45, 2.75) is 23.7 Å². The Bertz CT molecular complexity index is 639. The Kier molecular flexibility index (Phi) is 4.76. The van der Waals surface area contributed by atoms with E-state index in [9.17, 15) is 4.79 Å². The summed E-state index contributed by atoms with van der Waals surface area (Å²) in [6.45, 7) is 3.31. The fourth-order valence-electron chi connectivity index (χ4n) is 1.65. The number of aryl methyl sites for hydroxylation is 1. The molecule has 0 bridgehead atoms. The van der Waals surface area contributed by atoms with Crippen LogP contribution in [0.5, 0.6) is 0 Å². The Morgan fingerprint density at radius 3 is 2.62 bits per heavy atom. The van der Waals surface area contributed by atoms with E-state index in [-0.39, 0.29) is 0 Å². The van der Waals surface area contributed by atoms with Crippen LogP contribution in [0, 0.1) is 6.92 Å². The van der Waals surface area contributed by atoms with Crippen molar-refractivity contribution in [1.82, 2.24) is 14.8 Å². The van der Waals surface area contributed by atoms with Crippen LogP contribution < -0.4 is 0 Å². The van der Waals surface area contributed by atoms with Crippen LogP contribution in [0.25, 0.3) is 5.69 Å². The molecule has 0 radical (unpaired) electrons. The number of carbonyl (C=O) groups excluding carboxylic acids is 1. The highest BCUT2D eigenvalue weighted by molar-refractivity contribution is 6.68. The molecular weight excluding hydrogens is 337 g/mol. The number of benzene rings is 1. The van der Waals surface area contributed by atoms with Crippen LogP contribution in [0.1, 0.15) is 22.8 Å². The predicted molar refractivity (Wildman–Crippen MR) is 81.3 cm³/mol. The van der Waals surface area contributed by atoms with Gasteiger partial charge in [0, 0.05) is 0 Å². The van der Waals surface area contributed by atoms with Crippen LogP contribution in [0.4, 0.5) is 0 Å². The van der Waals surface area contributed by atoms with Gasteiger partial charge < -0.3 is 4.74 Å². The molecule has 0 N–H and O–H groups in total. The Hall–Kier alpha value is -1.30. The van der Waals surface area contributed by atoms with Crippen molar-refractivity contribution in [1.29, 1.82) is 0 Å². The fourth-order valence-corrected chi connectivity index (χ4v) is 1.79. The van der Waals surface area contributed by atoms with Crippen molar-refractivity contribution in [3.05, 3.63) is 42.0 Å². The standard InChI is InChI=1S/C13H12Cl3N3O2/c1-8-5-10(19-7-17-6-18-19)3-4-11(8)12(20)21-9(2)13(14,15)16/h3-7,9H,1-2H3/t9-/m1/s1. The van der Waals surface area contributed by atoms with Gasteiger partial charge in [0.2, 0.25) is 3.79 Å². The lowest BCUT2D eigenvalue weighted by Gasteiger charge is -2.20. The van der Waals surface area contributed by atoms with Crippen LogP contribution >= 0.6 is 34.8 Å². The Morgan fingerprint density at radius 2 is 2.10 bits per heavy atom. The third-order valence-electron chi connectivity index (χ3n) is 2.86. The SMILES string of the molecule is Cc1cc(-n2cncn2)ccc1C(=O)O[C@H](C)C(Cl)(Cl)Cl. The Morgan fingerprint density at radius 1 is 1.38 bits per heavy atom. The normalized spacial score (nSPS) is 13.0. The number of hydrogen-bond acceptors (Lipinski definition) is 4. The van der Waals surface area contributed by atoms with Gasteiger partial charge in [0.25, 0.3) is 0 Å². The average molecular weight is 349 g/mol. The molecule has 0 aliphatic carbocycles. The number of esters is 1. The first-order valence-corrected chi connectivity index (χ1v) is 7.16. The first kappa shape index (κ1) is 16.1. The topological polar surface area (TPSA) is 57.0 Å². The van der Waals surface area contributed by atoms with E-state index in [0.717, 1.165) is 11.3 Å². The zero-order valence-electron chi connectivity index (χ0n) is 11.3. The maximum atomic E-state index is 12.1. The molecule has 2 rings (SSSR count). The number of nitrogens with zero attached hydrogens (tertiary/aromatic N) is 3. The summed E-state index contributed by atoms with van der Waals surface area (Å²) >= 11 is 17.0.